The summed E-state index contributed by atoms with van der Waals surface area (Å²) in [4.78, 5) is 37.1. The van der Waals surface area contributed by atoms with Gasteiger partial charge in [-0.1, -0.05) is 6.07 Å². The highest BCUT2D eigenvalue weighted by Gasteiger charge is 2.38. The van der Waals surface area contributed by atoms with Crippen LogP contribution in [0.2, 0.25) is 0 Å². The molecule has 2 fully saturated rings. The third kappa shape index (κ3) is 4.09. The maximum absolute atomic E-state index is 12.0. The number of piperazine rings is 1. The van der Waals surface area contributed by atoms with E-state index in [2.05, 4.69) is 14.9 Å². The van der Waals surface area contributed by atoms with Gasteiger partial charge in [0.05, 0.1) is 4.92 Å². The average molecular weight is 456 g/mol. The summed E-state index contributed by atoms with van der Waals surface area (Å²) >= 11 is 0. The van der Waals surface area contributed by atoms with Crippen molar-refractivity contribution >= 4 is 23.3 Å². The number of carboxylic acid groups (broad SMARTS) is 1. The molecule has 4 heterocycles. The van der Waals surface area contributed by atoms with Crippen LogP contribution in [-0.4, -0.2) is 76.4 Å². The Bertz CT molecular complexity index is 1070. The van der Waals surface area contributed by atoms with Gasteiger partial charge in [-0.3, -0.25) is 15.0 Å². The predicted octanol–water partition coefficient (Wildman–Crippen LogP) is 1.49. The normalized spacial score (nSPS) is 20.3. The monoisotopic (exact) mass is 456 g/mol. The molecule has 0 bridgehead atoms. The van der Waals surface area contributed by atoms with E-state index in [1.807, 2.05) is 23.1 Å². The first-order valence-corrected chi connectivity index (χ1v) is 10.9. The Morgan fingerprint density at radius 1 is 1.12 bits per heavy atom. The maximum Gasteiger partial charge on any atom is 0.353 e. The second kappa shape index (κ2) is 8.70. The van der Waals surface area contributed by atoms with Gasteiger partial charge >= 0.3 is 11.7 Å². The maximum atomic E-state index is 12.0. The summed E-state index contributed by atoms with van der Waals surface area (Å²) in [6.45, 7) is 3.91. The molecule has 0 spiro atoms. The van der Waals surface area contributed by atoms with Gasteiger partial charge < -0.3 is 24.4 Å². The van der Waals surface area contributed by atoms with E-state index in [0.717, 1.165) is 23.6 Å². The van der Waals surface area contributed by atoms with Crippen LogP contribution >= 0.6 is 0 Å². The SMILES string of the molecule is O=C(O)[C@H]1CCCN1c1ncnc(N2CCN(Cc3ccc4c(c3)OCO4)CC2)c1[N+](=O)[O-]. The molecule has 1 aromatic heterocycles. The van der Waals surface area contributed by atoms with Crippen LogP contribution in [0, 0.1) is 10.1 Å². The summed E-state index contributed by atoms with van der Waals surface area (Å²) in [5, 5.41) is 21.5. The zero-order valence-corrected chi connectivity index (χ0v) is 17.9. The third-order valence-electron chi connectivity index (χ3n) is 6.29. The summed E-state index contributed by atoms with van der Waals surface area (Å²) < 4.78 is 10.8. The summed E-state index contributed by atoms with van der Waals surface area (Å²) in [5.74, 6) is 0.816. The standard InChI is InChI=1S/C21H24N6O6/c28-21(29)15-2-1-5-26(15)20-18(27(30)31)19(22-12-23-20)25-8-6-24(7-9-25)11-14-3-4-16-17(10-14)33-13-32-16/h3-4,10,12,15H,1-2,5-9,11,13H2,(H,28,29)/t15-/m1/s1. The van der Waals surface area contributed by atoms with Gasteiger partial charge in [-0.05, 0) is 30.5 Å². The average Bonchev–Trinajstić information content (AvgIpc) is 3.48. The van der Waals surface area contributed by atoms with E-state index in [1.54, 1.807) is 0 Å². The molecular weight excluding hydrogens is 432 g/mol. The lowest BCUT2D eigenvalue weighted by atomic mass is 10.1. The molecule has 1 N–H and O–H groups in total. The van der Waals surface area contributed by atoms with Gasteiger partial charge in [0.2, 0.25) is 18.4 Å². The quantitative estimate of drug-likeness (QED) is 0.500. The number of hydrogen-bond donors (Lipinski definition) is 1. The topological polar surface area (TPSA) is 134 Å². The number of carboxylic acids is 1. The van der Waals surface area contributed by atoms with Crippen LogP contribution < -0.4 is 19.3 Å². The Balaban J connectivity index is 1.31. The Hall–Kier alpha value is -3.67. The molecule has 3 aliphatic heterocycles. The number of nitrogens with zero attached hydrogens (tertiary/aromatic N) is 6. The van der Waals surface area contributed by atoms with Gasteiger partial charge in [0.15, 0.2) is 11.5 Å². The summed E-state index contributed by atoms with van der Waals surface area (Å²) in [6, 6.07) is 5.08. The number of rotatable bonds is 6. The Labute approximate surface area is 189 Å². The minimum atomic E-state index is -1.00. The van der Waals surface area contributed by atoms with Crippen LogP contribution in [0.4, 0.5) is 17.3 Å². The molecule has 1 atom stereocenters. The molecule has 2 saturated heterocycles. The van der Waals surface area contributed by atoms with Crippen LogP contribution in [-0.2, 0) is 11.3 Å². The van der Waals surface area contributed by atoms with Crippen molar-refractivity contribution < 1.29 is 24.3 Å². The highest BCUT2D eigenvalue weighted by Crippen LogP contribution is 2.38. The zero-order valence-electron chi connectivity index (χ0n) is 17.9. The van der Waals surface area contributed by atoms with Gasteiger partial charge in [-0.25, -0.2) is 14.8 Å². The molecule has 0 amide bonds. The molecule has 33 heavy (non-hydrogen) atoms. The van der Waals surface area contributed by atoms with Crippen LogP contribution in [0.1, 0.15) is 18.4 Å². The van der Waals surface area contributed by atoms with E-state index in [9.17, 15) is 20.0 Å². The second-order valence-corrected chi connectivity index (χ2v) is 8.27. The van der Waals surface area contributed by atoms with Crippen LogP contribution in [0.3, 0.4) is 0 Å². The predicted molar refractivity (Wildman–Crippen MR) is 117 cm³/mol. The third-order valence-corrected chi connectivity index (χ3v) is 6.29. The van der Waals surface area contributed by atoms with Crippen molar-refractivity contribution in [3.8, 4) is 11.5 Å². The Kier molecular flexibility index (Phi) is 5.58. The lowest BCUT2D eigenvalue weighted by Gasteiger charge is -2.35. The van der Waals surface area contributed by atoms with Crippen molar-refractivity contribution in [3.63, 3.8) is 0 Å². The highest BCUT2D eigenvalue weighted by molar-refractivity contribution is 5.81. The van der Waals surface area contributed by atoms with E-state index < -0.39 is 16.9 Å². The number of ether oxygens (including phenoxy) is 2. The van der Waals surface area contributed by atoms with E-state index in [0.29, 0.717) is 45.6 Å². The summed E-state index contributed by atoms with van der Waals surface area (Å²) in [5.41, 5.74) is 0.881. The lowest BCUT2D eigenvalue weighted by Crippen LogP contribution is -2.46. The minimum absolute atomic E-state index is 0.0812. The van der Waals surface area contributed by atoms with E-state index in [4.69, 9.17) is 9.47 Å². The highest BCUT2D eigenvalue weighted by atomic mass is 16.7. The van der Waals surface area contributed by atoms with Gasteiger partial charge in [-0.2, -0.15) is 0 Å². The Morgan fingerprint density at radius 3 is 2.64 bits per heavy atom. The molecule has 0 radical (unpaired) electrons. The minimum Gasteiger partial charge on any atom is -0.480 e. The van der Waals surface area contributed by atoms with Crippen molar-refractivity contribution in [2.45, 2.75) is 25.4 Å². The molecule has 0 aliphatic carbocycles. The van der Waals surface area contributed by atoms with Gasteiger partial charge in [0.1, 0.15) is 12.4 Å². The fourth-order valence-corrected chi connectivity index (χ4v) is 4.66. The number of nitro groups is 1. The summed E-state index contributed by atoms with van der Waals surface area (Å²) in [7, 11) is 0. The molecule has 0 unspecified atom stereocenters. The van der Waals surface area contributed by atoms with Crippen LogP contribution in [0.25, 0.3) is 0 Å². The molecular formula is C21H24N6O6. The molecule has 2 aromatic rings. The van der Waals surface area contributed by atoms with Gasteiger partial charge in [-0.15, -0.1) is 0 Å². The van der Waals surface area contributed by atoms with E-state index in [1.165, 1.54) is 11.2 Å². The first-order chi connectivity index (χ1) is 16.0. The van der Waals surface area contributed by atoms with Crippen molar-refractivity contribution in [2.75, 3.05) is 49.3 Å². The molecule has 3 aliphatic rings. The second-order valence-electron chi connectivity index (χ2n) is 8.27. The van der Waals surface area contributed by atoms with Crippen molar-refractivity contribution in [2.24, 2.45) is 0 Å². The zero-order chi connectivity index (χ0) is 22.9. The van der Waals surface area contributed by atoms with Crippen LogP contribution in [0.5, 0.6) is 11.5 Å². The number of aliphatic carboxylic acids is 1. The molecule has 12 nitrogen and oxygen atoms in total. The fourth-order valence-electron chi connectivity index (χ4n) is 4.66. The first kappa shape index (κ1) is 21.2. The van der Waals surface area contributed by atoms with Crippen molar-refractivity contribution in [1.29, 1.82) is 0 Å². The molecule has 5 rings (SSSR count). The van der Waals surface area contributed by atoms with E-state index in [-0.39, 0.29) is 24.1 Å². The van der Waals surface area contributed by atoms with Crippen molar-refractivity contribution in [1.82, 2.24) is 14.9 Å². The molecule has 174 valence electrons. The van der Waals surface area contributed by atoms with Gasteiger partial charge in [0, 0.05) is 39.3 Å². The molecule has 1 aromatic carbocycles. The van der Waals surface area contributed by atoms with Crippen molar-refractivity contribution in [3.05, 3.63) is 40.2 Å². The number of hydrogen-bond acceptors (Lipinski definition) is 10. The lowest BCUT2D eigenvalue weighted by molar-refractivity contribution is -0.383. The smallest absolute Gasteiger partial charge is 0.353 e. The molecule has 12 heteroatoms. The Morgan fingerprint density at radius 2 is 1.88 bits per heavy atom. The number of benzene rings is 1. The first-order valence-electron chi connectivity index (χ1n) is 10.9. The number of anilines is 2. The van der Waals surface area contributed by atoms with E-state index >= 15 is 0 Å². The number of aromatic nitrogens is 2. The summed E-state index contributed by atoms with van der Waals surface area (Å²) in [6.07, 6.45) is 2.37. The fraction of sp³-hybridized carbons (Fsp3) is 0.476. The van der Waals surface area contributed by atoms with Gasteiger partial charge in [0.25, 0.3) is 0 Å². The number of carbonyl (C=O) groups is 1. The largest absolute Gasteiger partial charge is 0.480 e. The molecule has 0 saturated carbocycles. The van der Waals surface area contributed by atoms with Crippen LogP contribution in [0.15, 0.2) is 24.5 Å². The number of fused-ring (bicyclic) bond motifs is 1.